The van der Waals surface area contributed by atoms with Crippen molar-refractivity contribution in [3.8, 4) is 0 Å². The smallest absolute Gasteiger partial charge is 0.268 e. The van der Waals surface area contributed by atoms with E-state index in [0.29, 0.717) is 17.9 Å². The topological polar surface area (TPSA) is 37.4 Å². The molecule has 1 saturated heterocycles. The molecule has 0 bridgehead atoms. The average Bonchev–Trinajstić information content (AvgIpc) is 3.05. The quantitative estimate of drug-likeness (QED) is 0.294. The minimum absolute atomic E-state index is 0.202. The zero-order valence-corrected chi connectivity index (χ0v) is 17.1. The lowest BCUT2D eigenvalue weighted by Gasteiger charge is -2.12. The van der Waals surface area contributed by atoms with Gasteiger partial charge in [-0.05, 0) is 63.0 Å². The van der Waals surface area contributed by atoms with Gasteiger partial charge in [0, 0.05) is 6.54 Å². The number of hydrogen-bond acceptors (Lipinski definition) is 3. The molecule has 1 fully saturated rings. The normalized spacial score (nSPS) is 15.6. The molecule has 146 valence electrons. The number of carbonyl (C=O) groups excluding carboxylic acids is 2. The predicted octanol–water partition coefficient (Wildman–Crippen LogP) is 6.27. The molecule has 0 aromatic heterocycles. The number of thioether (sulfide) groups is 1. The fraction of sp³-hybridized carbons (Fsp3) is 0.0769. The van der Waals surface area contributed by atoms with Gasteiger partial charge < -0.3 is 0 Å². The summed E-state index contributed by atoms with van der Waals surface area (Å²) in [5.74, 6) is -0.210. The molecule has 5 rings (SSSR count). The van der Waals surface area contributed by atoms with Crippen molar-refractivity contribution in [1.29, 1.82) is 0 Å². The molecule has 0 atom stereocenters. The van der Waals surface area contributed by atoms with E-state index in [-0.39, 0.29) is 11.1 Å². The molecule has 3 nitrogen and oxygen atoms in total. The molecular formula is C26H19NO2S. The average molecular weight is 410 g/mol. The van der Waals surface area contributed by atoms with Gasteiger partial charge in [-0.15, -0.1) is 0 Å². The number of imide groups is 1. The summed E-state index contributed by atoms with van der Waals surface area (Å²) in [6.07, 6.45) is 2.54. The molecule has 0 radical (unpaired) electrons. The van der Waals surface area contributed by atoms with Crippen molar-refractivity contribution in [2.24, 2.45) is 0 Å². The summed E-state index contributed by atoms with van der Waals surface area (Å²) in [5, 5.41) is 4.18. The van der Waals surface area contributed by atoms with Crippen LogP contribution in [0.4, 0.5) is 4.79 Å². The van der Waals surface area contributed by atoms with Crippen LogP contribution in [0, 0.1) is 0 Å². The van der Waals surface area contributed by atoms with Crippen molar-refractivity contribution < 1.29 is 9.59 Å². The summed E-state index contributed by atoms with van der Waals surface area (Å²) in [6.45, 7) is 0.391. The highest BCUT2D eigenvalue weighted by atomic mass is 32.2. The van der Waals surface area contributed by atoms with E-state index in [1.165, 1.54) is 4.90 Å². The third-order valence-electron chi connectivity index (χ3n) is 5.43. The van der Waals surface area contributed by atoms with Gasteiger partial charge in [0.1, 0.15) is 0 Å². The van der Waals surface area contributed by atoms with Gasteiger partial charge in [0.2, 0.25) is 0 Å². The highest BCUT2D eigenvalue weighted by Crippen LogP contribution is 2.36. The first-order valence-corrected chi connectivity index (χ1v) is 10.7. The van der Waals surface area contributed by atoms with Crippen LogP contribution in [0.5, 0.6) is 0 Å². The number of amides is 2. The first kappa shape index (κ1) is 18.6. The van der Waals surface area contributed by atoms with E-state index < -0.39 is 0 Å². The molecular weight excluding hydrogens is 390 g/mol. The van der Waals surface area contributed by atoms with Crippen LogP contribution in [0.25, 0.3) is 27.6 Å². The number of nitrogens with zero attached hydrogens (tertiary/aromatic N) is 1. The molecule has 4 heteroatoms. The van der Waals surface area contributed by atoms with Gasteiger partial charge in [0.05, 0.1) is 4.91 Å². The Balaban J connectivity index is 1.52. The molecule has 30 heavy (non-hydrogen) atoms. The molecule has 1 heterocycles. The summed E-state index contributed by atoms with van der Waals surface area (Å²) in [7, 11) is 0. The summed E-state index contributed by atoms with van der Waals surface area (Å²) in [4.78, 5) is 27.4. The Morgan fingerprint density at radius 1 is 0.767 bits per heavy atom. The lowest BCUT2D eigenvalue weighted by Crippen LogP contribution is -2.30. The maximum atomic E-state index is 13.0. The number of rotatable bonds is 4. The first-order valence-electron chi connectivity index (χ1n) is 9.90. The van der Waals surface area contributed by atoms with Gasteiger partial charge in [-0.25, -0.2) is 0 Å². The first-order chi connectivity index (χ1) is 14.7. The molecule has 0 saturated carbocycles. The molecule has 4 aromatic rings. The van der Waals surface area contributed by atoms with Crippen molar-refractivity contribution in [2.45, 2.75) is 6.42 Å². The van der Waals surface area contributed by atoms with Crippen LogP contribution in [0.3, 0.4) is 0 Å². The largest absolute Gasteiger partial charge is 0.293 e. The van der Waals surface area contributed by atoms with Gasteiger partial charge in [-0.3, -0.25) is 14.5 Å². The molecule has 4 aromatic carbocycles. The van der Waals surface area contributed by atoms with Crippen molar-refractivity contribution in [2.75, 3.05) is 6.54 Å². The number of benzene rings is 4. The van der Waals surface area contributed by atoms with E-state index in [0.717, 1.165) is 44.4 Å². The Bertz CT molecular complexity index is 1260. The fourth-order valence-electron chi connectivity index (χ4n) is 3.91. The van der Waals surface area contributed by atoms with Crippen LogP contribution < -0.4 is 0 Å². The zero-order valence-electron chi connectivity index (χ0n) is 16.2. The van der Waals surface area contributed by atoms with Crippen LogP contribution in [0.15, 0.2) is 89.8 Å². The Kier molecular flexibility index (Phi) is 4.85. The van der Waals surface area contributed by atoms with Crippen LogP contribution in [0.2, 0.25) is 0 Å². The van der Waals surface area contributed by atoms with E-state index in [1.54, 1.807) is 0 Å². The molecule has 0 aliphatic carbocycles. The Morgan fingerprint density at radius 2 is 1.37 bits per heavy atom. The third-order valence-corrected chi connectivity index (χ3v) is 6.34. The summed E-state index contributed by atoms with van der Waals surface area (Å²) >= 11 is 1.03. The van der Waals surface area contributed by atoms with Gasteiger partial charge in [-0.2, -0.15) is 0 Å². The standard InChI is InChI=1S/C26H19NO2S/c28-25-24(30-26(29)27(25)15-14-18-8-2-1-3-9-18)17-23-21-12-6-4-10-19(21)16-20-11-5-7-13-22(20)23/h1-13,16-17H,14-15H2/b24-17-. The highest BCUT2D eigenvalue weighted by Gasteiger charge is 2.34. The van der Waals surface area contributed by atoms with E-state index in [2.05, 4.69) is 30.3 Å². The number of fused-ring (bicyclic) bond motifs is 2. The fourth-order valence-corrected chi connectivity index (χ4v) is 4.76. The molecule has 1 aliphatic rings. The van der Waals surface area contributed by atoms with Crippen molar-refractivity contribution in [1.82, 2.24) is 4.90 Å². The van der Waals surface area contributed by atoms with E-state index in [1.807, 2.05) is 60.7 Å². The Labute approximate surface area is 179 Å². The predicted molar refractivity (Wildman–Crippen MR) is 124 cm³/mol. The lowest BCUT2D eigenvalue weighted by molar-refractivity contribution is -0.122. The second kappa shape index (κ2) is 7.81. The molecule has 2 amide bonds. The summed E-state index contributed by atoms with van der Waals surface area (Å²) in [6, 6.07) is 28.4. The minimum atomic E-state index is -0.210. The van der Waals surface area contributed by atoms with Crippen molar-refractivity contribution >= 4 is 50.5 Å². The van der Waals surface area contributed by atoms with E-state index in [4.69, 9.17) is 0 Å². The number of hydrogen-bond donors (Lipinski definition) is 0. The molecule has 0 unspecified atom stereocenters. The van der Waals surface area contributed by atoms with E-state index in [9.17, 15) is 9.59 Å². The number of carbonyl (C=O) groups is 2. The molecule has 1 aliphatic heterocycles. The molecule has 0 spiro atoms. The van der Waals surface area contributed by atoms with Crippen molar-refractivity contribution in [3.63, 3.8) is 0 Å². The Morgan fingerprint density at radius 3 is 2.03 bits per heavy atom. The maximum absolute atomic E-state index is 13.0. The second-order valence-electron chi connectivity index (χ2n) is 7.30. The van der Waals surface area contributed by atoms with Gasteiger partial charge in [0.15, 0.2) is 0 Å². The zero-order chi connectivity index (χ0) is 20.5. The Hall–Kier alpha value is -3.37. The second-order valence-corrected chi connectivity index (χ2v) is 8.29. The van der Waals surface area contributed by atoms with Gasteiger partial charge >= 0.3 is 0 Å². The lowest BCUT2D eigenvalue weighted by atomic mass is 9.96. The van der Waals surface area contributed by atoms with Crippen LogP contribution in [-0.2, 0) is 11.2 Å². The molecule has 0 N–H and O–H groups in total. The van der Waals surface area contributed by atoms with Crippen LogP contribution in [-0.4, -0.2) is 22.6 Å². The van der Waals surface area contributed by atoms with Gasteiger partial charge in [0.25, 0.3) is 11.1 Å². The summed E-state index contributed by atoms with van der Waals surface area (Å²) < 4.78 is 0. The third kappa shape index (κ3) is 3.40. The van der Waals surface area contributed by atoms with Crippen molar-refractivity contribution in [3.05, 3.63) is 101 Å². The maximum Gasteiger partial charge on any atom is 0.293 e. The van der Waals surface area contributed by atoms with Gasteiger partial charge in [-0.1, -0.05) is 78.9 Å². The minimum Gasteiger partial charge on any atom is -0.268 e. The van der Waals surface area contributed by atoms with E-state index >= 15 is 0 Å². The van der Waals surface area contributed by atoms with Crippen LogP contribution >= 0.6 is 11.8 Å². The van der Waals surface area contributed by atoms with Crippen LogP contribution in [0.1, 0.15) is 11.1 Å². The summed E-state index contributed by atoms with van der Waals surface area (Å²) in [5.41, 5.74) is 2.10. The highest BCUT2D eigenvalue weighted by molar-refractivity contribution is 8.18. The SMILES string of the molecule is O=C1S/C(=C\c2c3ccccc3cc3ccccc23)C(=O)N1CCc1ccccc1. The monoisotopic (exact) mass is 409 g/mol.